The number of hydrogen-bond acceptors (Lipinski definition) is 2. The quantitative estimate of drug-likeness (QED) is 0.351. The van der Waals surface area contributed by atoms with E-state index in [1.165, 1.54) is 0 Å². The second kappa shape index (κ2) is 10.1. The van der Waals surface area contributed by atoms with Crippen LogP contribution in [-0.4, -0.2) is 18.2 Å². The number of hydrogen-bond donors (Lipinski definition) is 0. The van der Waals surface area contributed by atoms with Gasteiger partial charge in [0.2, 0.25) is 0 Å². The van der Waals surface area contributed by atoms with Crippen molar-refractivity contribution in [1.29, 1.82) is 0 Å². The van der Waals surface area contributed by atoms with Gasteiger partial charge in [0, 0.05) is 11.6 Å². The maximum atomic E-state index is 14.2. The molecule has 0 aromatic heterocycles. The monoisotopic (exact) mass is 444 g/mol. The summed E-state index contributed by atoms with van der Waals surface area (Å²) in [4.78, 5) is 12.5. The molecular weight excluding hydrogens is 415 g/mol. The van der Waals surface area contributed by atoms with Crippen molar-refractivity contribution in [2.75, 3.05) is 0 Å². The molecule has 2 nitrogen and oxygen atoms in total. The summed E-state index contributed by atoms with van der Waals surface area (Å²) in [6, 6.07) is 2.23. The van der Waals surface area contributed by atoms with Crippen molar-refractivity contribution in [2.24, 2.45) is 11.8 Å². The lowest BCUT2D eigenvalue weighted by molar-refractivity contribution is -0.157. The highest BCUT2D eigenvalue weighted by Crippen LogP contribution is 2.37. The van der Waals surface area contributed by atoms with Gasteiger partial charge < -0.3 is 4.74 Å². The number of allylic oxidation sites excluding steroid dienone is 1. The molecule has 0 radical (unpaired) electrons. The van der Waals surface area contributed by atoms with E-state index in [0.717, 1.165) is 44.2 Å². The molecule has 7 heteroatoms. The molecule has 0 saturated heterocycles. The van der Waals surface area contributed by atoms with Crippen LogP contribution in [0.3, 0.4) is 0 Å². The topological polar surface area (TPSA) is 26.3 Å². The summed E-state index contributed by atoms with van der Waals surface area (Å²) in [6.07, 6.45) is 2.88. The number of alkyl halides is 3. The number of rotatable bonds is 5. The molecule has 0 amide bonds. The van der Waals surface area contributed by atoms with E-state index >= 15 is 0 Å². The van der Waals surface area contributed by atoms with Crippen LogP contribution in [0.4, 0.5) is 22.0 Å². The van der Waals surface area contributed by atoms with Crippen LogP contribution in [0.15, 0.2) is 18.2 Å². The fourth-order valence-electron chi connectivity index (χ4n) is 4.76. The molecule has 0 heterocycles. The van der Waals surface area contributed by atoms with Crippen LogP contribution in [0.1, 0.15) is 81.8 Å². The summed E-state index contributed by atoms with van der Waals surface area (Å²) in [5, 5.41) is 0. The Balaban J connectivity index is 1.54. The lowest BCUT2D eigenvalue weighted by atomic mass is 9.80. The van der Waals surface area contributed by atoms with E-state index in [9.17, 15) is 26.7 Å². The lowest BCUT2D eigenvalue weighted by Crippen LogP contribution is -2.29. The zero-order valence-electron chi connectivity index (χ0n) is 17.7. The van der Waals surface area contributed by atoms with Gasteiger partial charge in [-0.15, -0.1) is 0 Å². The highest BCUT2D eigenvalue weighted by Gasteiger charge is 2.31. The van der Waals surface area contributed by atoms with E-state index in [2.05, 4.69) is 6.92 Å². The van der Waals surface area contributed by atoms with Crippen molar-refractivity contribution in [3.05, 3.63) is 41.0 Å². The number of benzene rings is 1. The Hall–Kier alpha value is -1.92. The van der Waals surface area contributed by atoms with Crippen LogP contribution >= 0.6 is 0 Å². The van der Waals surface area contributed by atoms with Gasteiger partial charge >= 0.3 is 12.1 Å². The molecular formula is C24H29F5O2. The highest BCUT2D eigenvalue weighted by molar-refractivity contribution is 5.72. The van der Waals surface area contributed by atoms with E-state index in [1.54, 1.807) is 0 Å². The number of halogens is 5. The third-order valence-corrected chi connectivity index (χ3v) is 6.73. The molecule has 172 valence electrons. The zero-order valence-corrected chi connectivity index (χ0v) is 17.7. The van der Waals surface area contributed by atoms with E-state index in [0.29, 0.717) is 43.2 Å². The fourth-order valence-corrected chi connectivity index (χ4v) is 4.76. The average molecular weight is 444 g/mol. The van der Waals surface area contributed by atoms with Crippen molar-refractivity contribution in [2.45, 2.75) is 82.9 Å². The molecule has 31 heavy (non-hydrogen) atoms. The van der Waals surface area contributed by atoms with Gasteiger partial charge in [-0.05, 0) is 87.0 Å². The van der Waals surface area contributed by atoms with Crippen LogP contribution < -0.4 is 0 Å². The maximum Gasteiger partial charge on any atom is 0.409 e. The largest absolute Gasteiger partial charge is 0.462 e. The molecule has 2 saturated carbocycles. The maximum absolute atomic E-state index is 14.2. The minimum Gasteiger partial charge on any atom is -0.462 e. The van der Waals surface area contributed by atoms with E-state index in [1.807, 2.05) is 0 Å². The van der Waals surface area contributed by atoms with Crippen LogP contribution in [0, 0.1) is 23.5 Å². The van der Waals surface area contributed by atoms with Gasteiger partial charge in [0.15, 0.2) is 0 Å². The standard InChI is InChI=1S/C24H29F5O2/c1-2-15-3-5-17(6-4-15)23(30)31-19-9-7-16(8-10-19)18-13-21(25)20(22(26)14-18)11-12-24(27,28)29/h11-17,19H,2-10H2,1H3. The van der Waals surface area contributed by atoms with E-state index in [4.69, 9.17) is 4.74 Å². The summed E-state index contributed by atoms with van der Waals surface area (Å²) in [5.41, 5.74) is -0.261. The second-order valence-corrected chi connectivity index (χ2v) is 8.81. The first-order valence-electron chi connectivity index (χ1n) is 11.1. The molecule has 2 aliphatic rings. The van der Waals surface area contributed by atoms with Crippen molar-refractivity contribution in [3.63, 3.8) is 0 Å². The normalized spacial score (nSPS) is 27.4. The Morgan fingerprint density at radius 2 is 1.58 bits per heavy atom. The van der Waals surface area contributed by atoms with Gasteiger partial charge in [0.05, 0.1) is 5.92 Å². The van der Waals surface area contributed by atoms with Crippen LogP contribution in [0.2, 0.25) is 0 Å². The SMILES string of the molecule is CCC1CCC(C(=O)OC2CCC(c3cc(F)c(C=CC(F)(F)F)c(F)c3)CC2)CC1. The molecule has 2 aliphatic carbocycles. The Morgan fingerprint density at radius 3 is 2.10 bits per heavy atom. The first-order chi connectivity index (χ1) is 14.7. The van der Waals surface area contributed by atoms with Crippen LogP contribution in [0.25, 0.3) is 6.08 Å². The van der Waals surface area contributed by atoms with Crippen molar-refractivity contribution >= 4 is 12.0 Å². The average Bonchev–Trinajstić information content (AvgIpc) is 2.73. The molecule has 1 aromatic carbocycles. The van der Waals surface area contributed by atoms with Gasteiger partial charge in [0.1, 0.15) is 17.7 Å². The predicted octanol–water partition coefficient (Wildman–Crippen LogP) is 7.33. The van der Waals surface area contributed by atoms with Crippen LogP contribution in [-0.2, 0) is 9.53 Å². The summed E-state index contributed by atoms with van der Waals surface area (Å²) >= 11 is 0. The molecule has 0 N–H and O–H groups in total. The van der Waals surface area contributed by atoms with Crippen molar-refractivity contribution in [3.8, 4) is 0 Å². The molecule has 0 unspecified atom stereocenters. The Bertz CT molecular complexity index is 763. The van der Waals surface area contributed by atoms with Gasteiger partial charge in [-0.3, -0.25) is 4.79 Å². The molecule has 0 spiro atoms. The summed E-state index contributed by atoms with van der Waals surface area (Å²) in [7, 11) is 0. The first kappa shape index (κ1) is 23.7. The molecule has 1 aromatic rings. The zero-order chi connectivity index (χ0) is 22.6. The molecule has 3 rings (SSSR count). The third kappa shape index (κ3) is 6.53. The molecule has 0 atom stereocenters. The molecule has 0 bridgehead atoms. The smallest absolute Gasteiger partial charge is 0.409 e. The first-order valence-corrected chi connectivity index (χ1v) is 11.1. The van der Waals surface area contributed by atoms with Gasteiger partial charge in [0.25, 0.3) is 0 Å². The number of ether oxygens (including phenoxy) is 1. The highest BCUT2D eigenvalue weighted by atomic mass is 19.4. The Labute approximate surface area is 179 Å². The van der Waals surface area contributed by atoms with Crippen LogP contribution in [0.5, 0.6) is 0 Å². The third-order valence-electron chi connectivity index (χ3n) is 6.73. The summed E-state index contributed by atoms with van der Waals surface area (Å²) in [6.45, 7) is 2.17. The Kier molecular flexibility index (Phi) is 7.76. The molecule has 0 aliphatic heterocycles. The van der Waals surface area contributed by atoms with Gasteiger partial charge in [-0.1, -0.05) is 13.3 Å². The minimum atomic E-state index is -4.64. The van der Waals surface area contributed by atoms with Crippen molar-refractivity contribution < 1.29 is 31.5 Å². The van der Waals surface area contributed by atoms with Gasteiger partial charge in [-0.25, -0.2) is 8.78 Å². The lowest BCUT2D eigenvalue weighted by Gasteiger charge is -2.31. The second-order valence-electron chi connectivity index (χ2n) is 8.81. The molecule has 2 fully saturated rings. The summed E-state index contributed by atoms with van der Waals surface area (Å²) in [5.74, 6) is -1.58. The van der Waals surface area contributed by atoms with E-state index < -0.39 is 23.4 Å². The summed E-state index contributed by atoms with van der Waals surface area (Å²) < 4.78 is 71.0. The predicted molar refractivity (Wildman–Crippen MR) is 108 cm³/mol. The van der Waals surface area contributed by atoms with E-state index in [-0.39, 0.29) is 30.0 Å². The minimum absolute atomic E-state index is 0.0268. The van der Waals surface area contributed by atoms with Crippen molar-refractivity contribution in [1.82, 2.24) is 0 Å². The number of carbonyl (C=O) groups is 1. The Morgan fingerprint density at radius 1 is 1.00 bits per heavy atom. The fraction of sp³-hybridized carbons (Fsp3) is 0.625. The van der Waals surface area contributed by atoms with Gasteiger partial charge in [-0.2, -0.15) is 13.2 Å². The number of esters is 1. The number of carbonyl (C=O) groups excluding carboxylic acids is 1.